The number of hydrazine groups is 1. The lowest BCUT2D eigenvalue weighted by Gasteiger charge is -2.14. The first-order chi connectivity index (χ1) is 11.0. The van der Waals surface area contributed by atoms with Crippen molar-refractivity contribution in [2.75, 3.05) is 20.1 Å². The molecule has 0 bridgehead atoms. The number of rotatable bonds is 6. The van der Waals surface area contributed by atoms with Gasteiger partial charge in [0.2, 0.25) is 17.7 Å². The van der Waals surface area contributed by atoms with E-state index in [1.165, 1.54) is 9.80 Å². The van der Waals surface area contributed by atoms with E-state index in [1.807, 2.05) is 0 Å². The minimum absolute atomic E-state index is 0.0134. The van der Waals surface area contributed by atoms with Gasteiger partial charge in [-0.3, -0.25) is 30.1 Å². The van der Waals surface area contributed by atoms with Gasteiger partial charge < -0.3 is 4.90 Å². The summed E-state index contributed by atoms with van der Waals surface area (Å²) in [5.74, 6) is -0.565. The van der Waals surface area contributed by atoms with E-state index in [0.717, 1.165) is 25.7 Å². The normalized spacial score (nSPS) is 18.7. The highest BCUT2D eigenvalue weighted by Crippen LogP contribution is 2.24. The van der Waals surface area contributed by atoms with Crippen LogP contribution >= 0.6 is 0 Å². The molecule has 1 aliphatic heterocycles. The van der Waals surface area contributed by atoms with Crippen molar-refractivity contribution in [3.05, 3.63) is 0 Å². The highest BCUT2D eigenvalue weighted by molar-refractivity contribution is 6.01. The number of unbranched alkanes of at least 4 members (excludes halogenated alkanes) is 1. The van der Waals surface area contributed by atoms with Crippen LogP contribution in [-0.2, 0) is 14.4 Å². The number of nitrogens with zero attached hydrogens (tertiary/aromatic N) is 2. The Morgan fingerprint density at radius 3 is 2.43 bits per heavy atom. The lowest BCUT2D eigenvalue weighted by Crippen LogP contribution is -2.44. The third-order valence-corrected chi connectivity index (χ3v) is 4.32. The molecule has 2 fully saturated rings. The van der Waals surface area contributed by atoms with Crippen LogP contribution in [0, 0.1) is 5.92 Å². The van der Waals surface area contributed by atoms with Gasteiger partial charge in [0.05, 0.1) is 0 Å². The van der Waals surface area contributed by atoms with Crippen LogP contribution in [0.4, 0.5) is 4.79 Å². The van der Waals surface area contributed by atoms with Gasteiger partial charge in [-0.15, -0.1) is 0 Å². The zero-order chi connectivity index (χ0) is 16.8. The minimum Gasteiger partial charge on any atom is -0.318 e. The van der Waals surface area contributed by atoms with Crippen LogP contribution in [0.2, 0.25) is 0 Å². The Labute approximate surface area is 135 Å². The second-order valence-corrected chi connectivity index (χ2v) is 6.16. The zero-order valence-electron chi connectivity index (χ0n) is 13.5. The Hall–Kier alpha value is -2.12. The maximum Gasteiger partial charge on any atom is 0.326 e. The molecular formula is C15H24N4O4. The van der Waals surface area contributed by atoms with Gasteiger partial charge in [0.15, 0.2) is 0 Å². The second-order valence-electron chi connectivity index (χ2n) is 6.16. The van der Waals surface area contributed by atoms with E-state index in [0.29, 0.717) is 19.4 Å². The fourth-order valence-corrected chi connectivity index (χ4v) is 2.93. The van der Waals surface area contributed by atoms with E-state index in [1.54, 1.807) is 7.05 Å². The van der Waals surface area contributed by atoms with E-state index < -0.39 is 0 Å². The number of carbonyl (C=O) groups is 4. The summed E-state index contributed by atoms with van der Waals surface area (Å²) in [7, 11) is 1.58. The summed E-state index contributed by atoms with van der Waals surface area (Å²) in [5.41, 5.74) is 4.88. The van der Waals surface area contributed by atoms with Crippen molar-refractivity contribution < 1.29 is 19.2 Å². The summed E-state index contributed by atoms with van der Waals surface area (Å²) in [6, 6.07) is -0.289. The lowest BCUT2D eigenvalue weighted by molar-refractivity contribution is -0.131. The van der Waals surface area contributed by atoms with Crippen LogP contribution in [0.5, 0.6) is 0 Å². The van der Waals surface area contributed by atoms with E-state index in [9.17, 15) is 19.2 Å². The molecule has 1 saturated heterocycles. The first kappa shape index (κ1) is 17.2. The van der Waals surface area contributed by atoms with Gasteiger partial charge in [-0.2, -0.15) is 0 Å². The maximum absolute atomic E-state index is 11.7. The van der Waals surface area contributed by atoms with Crippen molar-refractivity contribution in [2.45, 2.75) is 44.9 Å². The Bertz CT molecular complexity index is 488. The molecule has 5 amide bonds. The van der Waals surface area contributed by atoms with Crippen molar-refractivity contribution >= 4 is 23.8 Å². The van der Waals surface area contributed by atoms with Crippen molar-refractivity contribution in [1.82, 2.24) is 20.7 Å². The molecule has 8 heteroatoms. The summed E-state index contributed by atoms with van der Waals surface area (Å²) < 4.78 is 0. The molecule has 0 aromatic carbocycles. The molecule has 2 N–H and O–H groups in total. The van der Waals surface area contributed by atoms with Crippen LogP contribution in [0.15, 0.2) is 0 Å². The fourth-order valence-electron chi connectivity index (χ4n) is 2.93. The number of likely N-dealkylation sites (N-methyl/N-ethyl adjacent to an activating group) is 1. The number of hydrogen-bond donors (Lipinski definition) is 2. The van der Waals surface area contributed by atoms with Crippen LogP contribution in [0.1, 0.15) is 44.9 Å². The minimum atomic E-state index is -0.289. The topological polar surface area (TPSA) is 98.8 Å². The summed E-state index contributed by atoms with van der Waals surface area (Å²) >= 11 is 0. The first-order valence-electron chi connectivity index (χ1n) is 8.13. The lowest BCUT2D eigenvalue weighted by atomic mass is 10.1. The maximum atomic E-state index is 11.7. The average Bonchev–Trinajstić information content (AvgIpc) is 3.13. The number of amides is 5. The largest absolute Gasteiger partial charge is 0.326 e. The van der Waals surface area contributed by atoms with Crippen LogP contribution in [0.25, 0.3) is 0 Å². The molecule has 128 valence electrons. The molecule has 0 spiro atoms. The molecule has 1 saturated carbocycles. The monoisotopic (exact) mass is 324 g/mol. The number of carbonyl (C=O) groups excluding carboxylic acids is 4. The molecule has 2 aliphatic rings. The Kier molecular flexibility index (Phi) is 5.95. The third-order valence-electron chi connectivity index (χ3n) is 4.32. The SMILES string of the molecule is CN1CC(=O)N(CCCCC(=O)NNC(=O)C2CCCC2)C1=O. The van der Waals surface area contributed by atoms with E-state index >= 15 is 0 Å². The van der Waals surface area contributed by atoms with Crippen molar-refractivity contribution in [1.29, 1.82) is 0 Å². The van der Waals surface area contributed by atoms with Crippen molar-refractivity contribution in [2.24, 2.45) is 5.92 Å². The first-order valence-corrected chi connectivity index (χ1v) is 8.13. The predicted molar refractivity (Wildman–Crippen MR) is 81.8 cm³/mol. The molecule has 1 aliphatic carbocycles. The summed E-state index contributed by atoms with van der Waals surface area (Å²) in [4.78, 5) is 49.2. The number of hydrogen-bond acceptors (Lipinski definition) is 4. The molecule has 23 heavy (non-hydrogen) atoms. The predicted octanol–water partition coefficient (Wildman–Crippen LogP) is 0.388. The molecule has 0 unspecified atom stereocenters. The molecule has 1 heterocycles. The fraction of sp³-hybridized carbons (Fsp3) is 0.733. The van der Waals surface area contributed by atoms with E-state index in [-0.39, 0.29) is 42.6 Å². The third kappa shape index (κ3) is 4.67. The van der Waals surface area contributed by atoms with Crippen LogP contribution in [0.3, 0.4) is 0 Å². The van der Waals surface area contributed by atoms with Crippen molar-refractivity contribution in [3.8, 4) is 0 Å². The van der Waals surface area contributed by atoms with Gasteiger partial charge in [-0.05, 0) is 25.7 Å². The van der Waals surface area contributed by atoms with Gasteiger partial charge in [0.25, 0.3) is 0 Å². The Morgan fingerprint density at radius 1 is 1.13 bits per heavy atom. The van der Waals surface area contributed by atoms with Crippen LogP contribution in [-0.4, -0.2) is 53.7 Å². The number of nitrogens with one attached hydrogen (secondary N) is 2. The number of imide groups is 1. The smallest absolute Gasteiger partial charge is 0.318 e. The van der Waals surface area contributed by atoms with Crippen LogP contribution < -0.4 is 10.9 Å². The van der Waals surface area contributed by atoms with E-state index in [2.05, 4.69) is 10.9 Å². The molecule has 0 aromatic heterocycles. The molecule has 8 nitrogen and oxygen atoms in total. The highest BCUT2D eigenvalue weighted by atomic mass is 16.2. The summed E-state index contributed by atoms with van der Waals surface area (Å²) in [5, 5.41) is 0. The molecular weight excluding hydrogens is 300 g/mol. The Balaban J connectivity index is 1.57. The summed E-state index contributed by atoms with van der Waals surface area (Å²) in [6.07, 6.45) is 5.25. The second kappa shape index (κ2) is 7.94. The van der Waals surface area contributed by atoms with Gasteiger partial charge in [0, 0.05) is 25.9 Å². The zero-order valence-corrected chi connectivity index (χ0v) is 13.5. The Morgan fingerprint density at radius 2 is 1.83 bits per heavy atom. The molecule has 2 rings (SSSR count). The van der Waals surface area contributed by atoms with Gasteiger partial charge >= 0.3 is 6.03 Å². The molecule has 0 radical (unpaired) electrons. The average molecular weight is 324 g/mol. The van der Waals surface area contributed by atoms with Gasteiger partial charge in [-0.25, -0.2) is 4.79 Å². The molecule has 0 aromatic rings. The van der Waals surface area contributed by atoms with E-state index in [4.69, 9.17) is 0 Å². The summed E-state index contributed by atoms with van der Waals surface area (Å²) in [6.45, 7) is 0.441. The van der Waals surface area contributed by atoms with Crippen molar-refractivity contribution in [3.63, 3.8) is 0 Å². The number of urea groups is 1. The standard InChI is InChI=1S/C15H24N4O4/c1-18-10-13(21)19(15(18)23)9-5-4-8-12(20)16-17-14(22)11-6-2-3-7-11/h11H,2-10H2,1H3,(H,16,20)(H,17,22). The quantitative estimate of drug-likeness (QED) is 0.419. The highest BCUT2D eigenvalue weighted by Gasteiger charge is 2.32. The van der Waals surface area contributed by atoms with Gasteiger partial charge in [0.1, 0.15) is 6.54 Å². The van der Waals surface area contributed by atoms with Gasteiger partial charge in [-0.1, -0.05) is 12.8 Å². The molecule has 0 atom stereocenters.